The summed E-state index contributed by atoms with van der Waals surface area (Å²) in [5, 5.41) is 2.80. The van der Waals surface area contributed by atoms with Crippen LogP contribution in [-0.4, -0.2) is 33.8 Å². The van der Waals surface area contributed by atoms with Crippen molar-refractivity contribution in [1.29, 1.82) is 0 Å². The summed E-state index contributed by atoms with van der Waals surface area (Å²) in [6.07, 6.45) is 0.636. The number of nitrogens with one attached hydrogen (secondary N) is 1. The van der Waals surface area contributed by atoms with Gasteiger partial charge in [-0.1, -0.05) is 13.8 Å². The third-order valence-electron chi connectivity index (χ3n) is 3.83. The second kappa shape index (κ2) is 5.87. The van der Waals surface area contributed by atoms with Gasteiger partial charge in [-0.15, -0.1) is 0 Å². The van der Waals surface area contributed by atoms with Gasteiger partial charge < -0.3 is 14.6 Å². The maximum Gasteiger partial charge on any atom is 0.246 e. The molecule has 2 heterocycles. The number of rotatable bonds is 4. The number of oxazole rings is 1. The number of aryl methyl sites for hydroxylation is 2. The Balaban J connectivity index is 2.18. The lowest BCUT2D eigenvalue weighted by Crippen LogP contribution is -2.62. The maximum atomic E-state index is 12.6. The van der Waals surface area contributed by atoms with Crippen LogP contribution < -0.4 is 5.32 Å². The summed E-state index contributed by atoms with van der Waals surface area (Å²) in [7, 11) is 0. The number of piperazine rings is 1. The quantitative estimate of drug-likeness (QED) is 0.914. The topological polar surface area (TPSA) is 75.4 Å². The van der Waals surface area contributed by atoms with Crippen LogP contribution in [0.3, 0.4) is 0 Å². The number of aromatic nitrogens is 1. The Bertz CT molecular complexity index is 531. The second-order valence-corrected chi connectivity index (χ2v) is 6.08. The Morgan fingerprint density at radius 1 is 1.33 bits per heavy atom. The van der Waals surface area contributed by atoms with Crippen LogP contribution in [0.15, 0.2) is 4.42 Å². The summed E-state index contributed by atoms with van der Waals surface area (Å²) in [4.78, 5) is 30.4. The SMILES string of the molecule is Cc1nc(CN2C(=O)C(CC(C)C)NC(=O)C2C)oc1C. The smallest absolute Gasteiger partial charge is 0.246 e. The van der Waals surface area contributed by atoms with Gasteiger partial charge in [0.15, 0.2) is 0 Å². The van der Waals surface area contributed by atoms with Gasteiger partial charge in [-0.05, 0) is 33.1 Å². The number of hydrogen-bond acceptors (Lipinski definition) is 4. The van der Waals surface area contributed by atoms with Crippen molar-refractivity contribution in [2.24, 2.45) is 5.92 Å². The van der Waals surface area contributed by atoms with E-state index in [1.807, 2.05) is 27.7 Å². The van der Waals surface area contributed by atoms with E-state index in [4.69, 9.17) is 4.42 Å². The maximum absolute atomic E-state index is 12.6. The average Bonchev–Trinajstić information content (AvgIpc) is 2.70. The lowest BCUT2D eigenvalue weighted by Gasteiger charge is -2.37. The highest BCUT2D eigenvalue weighted by atomic mass is 16.4. The molecule has 6 heteroatoms. The largest absolute Gasteiger partial charge is 0.444 e. The standard InChI is InChI=1S/C15H23N3O3/c1-8(2)6-12-15(20)18(10(4)14(19)17-12)7-13-16-9(3)11(5)21-13/h8,10,12H,6-7H2,1-5H3,(H,17,19). The Morgan fingerprint density at radius 3 is 2.52 bits per heavy atom. The van der Waals surface area contributed by atoms with Crippen LogP contribution in [0.25, 0.3) is 0 Å². The van der Waals surface area contributed by atoms with E-state index in [2.05, 4.69) is 10.3 Å². The van der Waals surface area contributed by atoms with E-state index >= 15 is 0 Å². The molecule has 1 aromatic rings. The van der Waals surface area contributed by atoms with Crippen molar-refractivity contribution in [2.75, 3.05) is 0 Å². The van der Waals surface area contributed by atoms with Crippen molar-refractivity contribution >= 4 is 11.8 Å². The average molecular weight is 293 g/mol. The lowest BCUT2D eigenvalue weighted by molar-refractivity contribution is -0.150. The third-order valence-corrected chi connectivity index (χ3v) is 3.83. The summed E-state index contributed by atoms with van der Waals surface area (Å²) in [5.74, 6) is 1.36. The molecule has 0 aliphatic carbocycles. The minimum atomic E-state index is -0.506. The Kier molecular flexibility index (Phi) is 4.34. The lowest BCUT2D eigenvalue weighted by atomic mass is 9.99. The van der Waals surface area contributed by atoms with Gasteiger partial charge in [-0.2, -0.15) is 0 Å². The molecular formula is C15H23N3O3. The first-order valence-electron chi connectivity index (χ1n) is 7.33. The third kappa shape index (κ3) is 3.25. The fourth-order valence-corrected chi connectivity index (χ4v) is 2.49. The molecular weight excluding hydrogens is 270 g/mol. The van der Waals surface area contributed by atoms with Crippen LogP contribution in [0.1, 0.15) is 44.5 Å². The Labute approximate surface area is 124 Å². The summed E-state index contributed by atoms with van der Waals surface area (Å²) >= 11 is 0. The van der Waals surface area contributed by atoms with Gasteiger partial charge in [-0.3, -0.25) is 9.59 Å². The Hall–Kier alpha value is -1.85. The Morgan fingerprint density at radius 2 is 2.00 bits per heavy atom. The van der Waals surface area contributed by atoms with Crippen molar-refractivity contribution in [3.63, 3.8) is 0 Å². The fourth-order valence-electron chi connectivity index (χ4n) is 2.49. The van der Waals surface area contributed by atoms with Crippen LogP contribution in [0.4, 0.5) is 0 Å². The summed E-state index contributed by atoms with van der Waals surface area (Å²) in [6, 6.07) is -0.959. The van der Waals surface area contributed by atoms with Gasteiger partial charge in [0.2, 0.25) is 17.7 Å². The van der Waals surface area contributed by atoms with E-state index in [0.29, 0.717) is 18.2 Å². The fraction of sp³-hybridized carbons (Fsp3) is 0.667. The highest BCUT2D eigenvalue weighted by Crippen LogP contribution is 2.19. The molecule has 1 fully saturated rings. The molecule has 0 aromatic carbocycles. The van der Waals surface area contributed by atoms with Crippen LogP contribution in [0.5, 0.6) is 0 Å². The molecule has 21 heavy (non-hydrogen) atoms. The number of nitrogens with zero attached hydrogens (tertiary/aromatic N) is 2. The van der Waals surface area contributed by atoms with Crippen LogP contribution in [-0.2, 0) is 16.1 Å². The van der Waals surface area contributed by atoms with E-state index < -0.39 is 12.1 Å². The van der Waals surface area contributed by atoms with Crippen molar-refractivity contribution in [3.8, 4) is 0 Å². The van der Waals surface area contributed by atoms with E-state index in [1.165, 1.54) is 0 Å². The van der Waals surface area contributed by atoms with Crippen molar-refractivity contribution in [1.82, 2.24) is 15.2 Å². The van der Waals surface area contributed by atoms with Gasteiger partial charge in [0.1, 0.15) is 17.8 Å². The monoisotopic (exact) mass is 293 g/mol. The second-order valence-electron chi connectivity index (χ2n) is 6.08. The number of hydrogen-bond donors (Lipinski definition) is 1. The molecule has 2 rings (SSSR count). The van der Waals surface area contributed by atoms with Crippen LogP contribution in [0.2, 0.25) is 0 Å². The zero-order valence-corrected chi connectivity index (χ0v) is 13.3. The molecule has 0 spiro atoms. The van der Waals surface area contributed by atoms with E-state index in [9.17, 15) is 9.59 Å². The molecule has 1 aromatic heterocycles. The van der Waals surface area contributed by atoms with Crippen molar-refractivity contribution in [3.05, 3.63) is 17.3 Å². The zero-order chi connectivity index (χ0) is 15.7. The molecule has 0 radical (unpaired) electrons. The van der Waals surface area contributed by atoms with Crippen LogP contribution >= 0.6 is 0 Å². The van der Waals surface area contributed by atoms with Gasteiger partial charge in [-0.25, -0.2) is 4.98 Å². The number of amides is 2. The molecule has 116 valence electrons. The molecule has 2 amide bonds. The zero-order valence-electron chi connectivity index (χ0n) is 13.3. The summed E-state index contributed by atoms with van der Waals surface area (Å²) < 4.78 is 5.53. The molecule has 2 unspecified atom stereocenters. The van der Waals surface area contributed by atoms with Gasteiger partial charge in [0.25, 0.3) is 0 Å². The molecule has 1 N–H and O–H groups in total. The van der Waals surface area contributed by atoms with Crippen molar-refractivity contribution in [2.45, 2.75) is 59.7 Å². The molecule has 2 atom stereocenters. The van der Waals surface area contributed by atoms with E-state index in [-0.39, 0.29) is 18.4 Å². The van der Waals surface area contributed by atoms with Gasteiger partial charge >= 0.3 is 0 Å². The van der Waals surface area contributed by atoms with E-state index in [0.717, 1.165) is 11.5 Å². The first-order chi connectivity index (χ1) is 9.79. The minimum Gasteiger partial charge on any atom is -0.444 e. The number of carbonyl (C=O) groups excluding carboxylic acids is 2. The predicted molar refractivity (Wildman–Crippen MR) is 77.4 cm³/mol. The number of carbonyl (C=O) groups is 2. The molecule has 0 bridgehead atoms. The minimum absolute atomic E-state index is 0.0655. The predicted octanol–water partition coefficient (Wildman–Crippen LogP) is 1.55. The van der Waals surface area contributed by atoms with Crippen molar-refractivity contribution < 1.29 is 14.0 Å². The highest BCUT2D eigenvalue weighted by molar-refractivity contribution is 5.96. The molecule has 1 aliphatic heterocycles. The van der Waals surface area contributed by atoms with Gasteiger partial charge in [0, 0.05) is 0 Å². The first kappa shape index (κ1) is 15.5. The highest BCUT2D eigenvalue weighted by Gasteiger charge is 2.38. The van der Waals surface area contributed by atoms with Crippen LogP contribution in [0, 0.1) is 19.8 Å². The first-order valence-corrected chi connectivity index (χ1v) is 7.33. The summed E-state index contributed by atoms with van der Waals surface area (Å²) in [5.41, 5.74) is 0.810. The van der Waals surface area contributed by atoms with Gasteiger partial charge in [0.05, 0.1) is 12.2 Å². The molecule has 1 saturated heterocycles. The summed E-state index contributed by atoms with van der Waals surface area (Å²) in [6.45, 7) is 9.71. The van der Waals surface area contributed by atoms with E-state index in [1.54, 1.807) is 11.8 Å². The normalized spacial score (nSPS) is 22.9. The molecule has 0 saturated carbocycles. The molecule has 1 aliphatic rings. The molecule has 6 nitrogen and oxygen atoms in total.